The summed E-state index contributed by atoms with van der Waals surface area (Å²) >= 11 is 3.41. The molecule has 3 nitrogen and oxygen atoms in total. The van der Waals surface area contributed by atoms with Gasteiger partial charge in [-0.2, -0.15) is 0 Å². The van der Waals surface area contributed by atoms with Crippen molar-refractivity contribution in [2.75, 3.05) is 11.9 Å². The van der Waals surface area contributed by atoms with Gasteiger partial charge in [0.1, 0.15) is 0 Å². The highest BCUT2D eigenvalue weighted by Crippen LogP contribution is 2.25. The van der Waals surface area contributed by atoms with E-state index in [-0.39, 0.29) is 0 Å². The molecule has 0 fully saturated rings. The normalized spacial score (nSPS) is 10.2. The minimum Gasteiger partial charge on any atom is -0.465 e. The Bertz CT molecular complexity index is 379. The van der Waals surface area contributed by atoms with Crippen molar-refractivity contribution in [3.63, 3.8) is 0 Å². The summed E-state index contributed by atoms with van der Waals surface area (Å²) in [5.41, 5.74) is 1.84. The van der Waals surface area contributed by atoms with Gasteiger partial charge >= 0.3 is 6.09 Å². The Morgan fingerprint density at radius 3 is 2.75 bits per heavy atom. The summed E-state index contributed by atoms with van der Waals surface area (Å²) in [6.07, 6.45) is 2.14. The van der Waals surface area contributed by atoms with Crippen molar-refractivity contribution in [3.8, 4) is 0 Å². The molecule has 0 spiro atoms. The molecule has 0 unspecified atom stereocenters. The van der Waals surface area contributed by atoms with E-state index < -0.39 is 6.09 Å². The molecule has 0 aliphatic heterocycles. The van der Waals surface area contributed by atoms with Crippen molar-refractivity contribution in [1.29, 1.82) is 0 Å². The fraction of sp³-hybridized carbons (Fsp3) is 0.417. The van der Waals surface area contributed by atoms with Crippen LogP contribution in [0.5, 0.6) is 0 Å². The molecule has 0 radical (unpaired) electrons. The highest BCUT2D eigenvalue weighted by molar-refractivity contribution is 9.10. The predicted octanol–water partition coefficient (Wildman–Crippen LogP) is 3.91. The van der Waals surface area contributed by atoms with Crippen LogP contribution in [-0.4, -0.2) is 18.2 Å². The number of hydrogen-bond donors (Lipinski definition) is 1. The number of benzene rings is 1. The monoisotopic (exact) mass is 285 g/mol. The first kappa shape index (κ1) is 13.0. The van der Waals surface area contributed by atoms with Crippen molar-refractivity contribution >= 4 is 27.7 Å². The molecule has 0 heterocycles. The molecule has 1 amide bonds. The van der Waals surface area contributed by atoms with Gasteiger partial charge in [-0.15, -0.1) is 0 Å². The van der Waals surface area contributed by atoms with Crippen molar-refractivity contribution in [2.24, 2.45) is 0 Å². The number of nitrogens with zero attached hydrogens (tertiary/aromatic N) is 1. The molecule has 1 aromatic rings. The van der Waals surface area contributed by atoms with E-state index in [4.69, 9.17) is 5.11 Å². The number of amides is 1. The highest BCUT2D eigenvalue weighted by atomic mass is 79.9. The van der Waals surface area contributed by atoms with Gasteiger partial charge in [-0.05, 0) is 36.6 Å². The third kappa shape index (κ3) is 3.23. The van der Waals surface area contributed by atoms with Gasteiger partial charge in [0.05, 0.1) is 0 Å². The lowest BCUT2D eigenvalue weighted by atomic mass is 10.1. The van der Waals surface area contributed by atoms with E-state index in [9.17, 15) is 4.79 Å². The fourth-order valence-corrected chi connectivity index (χ4v) is 1.96. The Balaban J connectivity index is 3.01. The van der Waals surface area contributed by atoms with Gasteiger partial charge in [-0.1, -0.05) is 29.3 Å². The first-order chi connectivity index (χ1) is 7.56. The average Bonchev–Trinajstić information content (AvgIpc) is 2.25. The molecule has 0 saturated heterocycles. The molecular weight excluding hydrogens is 270 g/mol. The van der Waals surface area contributed by atoms with Crippen LogP contribution in [0.2, 0.25) is 0 Å². The third-order valence-corrected chi connectivity index (χ3v) is 2.98. The maximum Gasteiger partial charge on any atom is 0.411 e. The van der Waals surface area contributed by atoms with Crippen molar-refractivity contribution in [3.05, 3.63) is 28.2 Å². The van der Waals surface area contributed by atoms with Crippen LogP contribution in [-0.2, 0) is 6.42 Å². The Labute approximate surface area is 104 Å². The summed E-state index contributed by atoms with van der Waals surface area (Å²) in [6.45, 7) is 2.12. The first-order valence-electron chi connectivity index (χ1n) is 5.31. The molecule has 0 saturated carbocycles. The topological polar surface area (TPSA) is 40.5 Å². The minimum atomic E-state index is -0.930. The number of rotatable bonds is 4. The smallest absolute Gasteiger partial charge is 0.411 e. The largest absolute Gasteiger partial charge is 0.465 e. The lowest BCUT2D eigenvalue weighted by Gasteiger charge is -2.17. The Morgan fingerprint density at radius 1 is 1.50 bits per heavy atom. The maximum atomic E-state index is 10.9. The molecule has 0 aliphatic carbocycles. The lowest BCUT2D eigenvalue weighted by molar-refractivity contribution is 0.203. The van der Waals surface area contributed by atoms with Crippen LogP contribution < -0.4 is 4.90 Å². The number of anilines is 1. The quantitative estimate of drug-likeness (QED) is 0.911. The number of carboxylic acid groups (broad SMARTS) is 1. The molecule has 1 rings (SSSR count). The van der Waals surface area contributed by atoms with E-state index in [0.717, 1.165) is 35.0 Å². The summed E-state index contributed by atoms with van der Waals surface area (Å²) < 4.78 is 0.987. The van der Waals surface area contributed by atoms with Gasteiger partial charge in [0.25, 0.3) is 0 Å². The molecule has 0 bridgehead atoms. The van der Waals surface area contributed by atoms with E-state index >= 15 is 0 Å². The Kier molecular flexibility index (Phi) is 4.80. The van der Waals surface area contributed by atoms with Crippen LogP contribution in [0.3, 0.4) is 0 Å². The van der Waals surface area contributed by atoms with Crippen molar-refractivity contribution in [1.82, 2.24) is 0 Å². The summed E-state index contributed by atoms with van der Waals surface area (Å²) in [6, 6.07) is 5.69. The number of halogens is 1. The van der Waals surface area contributed by atoms with E-state index in [1.54, 1.807) is 7.05 Å². The average molecular weight is 286 g/mol. The van der Waals surface area contributed by atoms with Crippen LogP contribution in [0, 0.1) is 0 Å². The zero-order chi connectivity index (χ0) is 12.1. The zero-order valence-corrected chi connectivity index (χ0v) is 11.1. The molecule has 4 heteroatoms. The van der Waals surface area contributed by atoms with Gasteiger partial charge in [0.2, 0.25) is 0 Å². The SMILES string of the molecule is CCCCc1cc(Br)ccc1N(C)C(=O)O. The Hall–Kier alpha value is -1.03. The maximum absolute atomic E-state index is 10.9. The predicted molar refractivity (Wildman–Crippen MR) is 69.2 cm³/mol. The summed E-state index contributed by atoms with van der Waals surface area (Å²) in [7, 11) is 1.57. The fourth-order valence-electron chi connectivity index (χ4n) is 1.55. The summed E-state index contributed by atoms with van der Waals surface area (Å²) in [5.74, 6) is 0. The van der Waals surface area contributed by atoms with E-state index in [1.165, 1.54) is 4.90 Å². The van der Waals surface area contributed by atoms with E-state index in [2.05, 4.69) is 22.9 Å². The molecule has 1 aromatic carbocycles. The third-order valence-electron chi connectivity index (χ3n) is 2.49. The van der Waals surface area contributed by atoms with Crippen molar-refractivity contribution in [2.45, 2.75) is 26.2 Å². The number of unbranched alkanes of at least 4 members (excludes halogenated alkanes) is 1. The van der Waals surface area contributed by atoms with E-state index in [0.29, 0.717) is 0 Å². The van der Waals surface area contributed by atoms with Crippen LogP contribution in [0.1, 0.15) is 25.3 Å². The van der Waals surface area contributed by atoms with Crippen LogP contribution in [0.25, 0.3) is 0 Å². The number of hydrogen-bond acceptors (Lipinski definition) is 1. The lowest BCUT2D eigenvalue weighted by Crippen LogP contribution is -2.24. The van der Waals surface area contributed by atoms with Crippen molar-refractivity contribution < 1.29 is 9.90 Å². The number of carbonyl (C=O) groups is 1. The molecule has 88 valence electrons. The standard InChI is InChI=1S/C12H16BrNO2/c1-3-4-5-9-8-10(13)6-7-11(9)14(2)12(15)16/h6-8H,3-5H2,1-2H3,(H,15,16). The minimum absolute atomic E-state index is 0.768. The second-order valence-electron chi connectivity index (χ2n) is 3.72. The van der Waals surface area contributed by atoms with Crippen LogP contribution in [0.4, 0.5) is 10.5 Å². The van der Waals surface area contributed by atoms with Gasteiger partial charge in [-0.25, -0.2) is 4.79 Å². The Morgan fingerprint density at radius 2 is 2.19 bits per heavy atom. The van der Waals surface area contributed by atoms with Crippen LogP contribution in [0.15, 0.2) is 22.7 Å². The van der Waals surface area contributed by atoms with Crippen LogP contribution >= 0.6 is 15.9 Å². The molecule has 0 aliphatic rings. The van der Waals surface area contributed by atoms with E-state index in [1.807, 2.05) is 18.2 Å². The second kappa shape index (κ2) is 5.89. The molecule has 0 atom stereocenters. The second-order valence-corrected chi connectivity index (χ2v) is 4.63. The molecule has 16 heavy (non-hydrogen) atoms. The highest BCUT2D eigenvalue weighted by Gasteiger charge is 2.12. The molecule has 1 N–H and O–H groups in total. The number of aryl methyl sites for hydroxylation is 1. The van der Waals surface area contributed by atoms with Gasteiger partial charge in [-0.3, -0.25) is 4.90 Å². The first-order valence-corrected chi connectivity index (χ1v) is 6.10. The molecular formula is C12H16BrNO2. The van der Waals surface area contributed by atoms with Gasteiger partial charge in [0.15, 0.2) is 0 Å². The summed E-state index contributed by atoms with van der Waals surface area (Å²) in [5, 5.41) is 8.97. The van der Waals surface area contributed by atoms with Gasteiger partial charge < -0.3 is 5.11 Å². The zero-order valence-electron chi connectivity index (χ0n) is 9.53. The summed E-state index contributed by atoms with van der Waals surface area (Å²) in [4.78, 5) is 12.2. The molecule has 0 aromatic heterocycles. The van der Waals surface area contributed by atoms with Gasteiger partial charge in [0, 0.05) is 17.2 Å².